The maximum Gasteiger partial charge on any atom is 0.337 e. The quantitative estimate of drug-likeness (QED) is 0.641. The Morgan fingerprint density at radius 2 is 1.32 bits per heavy atom. The molecule has 5 nitrogen and oxygen atoms in total. The minimum absolute atomic E-state index is 0.250. The van der Waals surface area contributed by atoms with E-state index in [4.69, 9.17) is 9.47 Å². The number of aldehydes is 1. The standard InChI is InChI=1S/C17H14O5/c1-21-16(19)14-7-13(8-15(9-14)17(20)22-2)12-5-3-11(10-18)4-6-12/h3-10H,1-2H3. The molecule has 0 atom stereocenters. The van der Waals surface area contributed by atoms with Gasteiger partial charge in [-0.15, -0.1) is 0 Å². The molecule has 0 fully saturated rings. The summed E-state index contributed by atoms with van der Waals surface area (Å²) in [7, 11) is 2.54. The monoisotopic (exact) mass is 298 g/mol. The SMILES string of the molecule is COC(=O)c1cc(C(=O)OC)cc(-c2ccc(C=O)cc2)c1. The third kappa shape index (κ3) is 3.20. The van der Waals surface area contributed by atoms with Gasteiger partial charge in [-0.3, -0.25) is 4.79 Å². The van der Waals surface area contributed by atoms with Crippen molar-refractivity contribution in [2.45, 2.75) is 0 Å². The summed E-state index contributed by atoms with van der Waals surface area (Å²) in [6.07, 6.45) is 0.745. The Balaban J connectivity index is 2.55. The summed E-state index contributed by atoms with van der Waals surface area (Å²) < 4.78 is 9.39. The predicted octanol–water partition coefficient (Wildman–Crippen LogP) is 2.74. The molecule has 0 amide bonds. The highest BCUT2D eigenvalue weighted by Gasteiger charge is 2.14. The van der Waals surface area contributed by atoms with E-state index in [2.05, 4.69) is 0 Å². The van der Waals surface area contributed by atoms with Crippen LogP contribution in [0.4, 0.5) is 0 Å². The molecule has 22 heavy (non-hydrogen) atoms. The van der Waals surface area contributed by atoms with Gasteiger partial charge in [-0.25, -0.2) is 9.59 Å². The summed E-state index contributed by atoms with van der Waals surface area (Å²) in [6, 6.07) is 11.4. The van der Waals surface area contributed by atoms with Crippen molar-refractivity contribution in [3.8, 4) is 11.1 Å². The molecule has 112 valence electrons. The molecular formula is C17H14O5. The molecule has 0 aliphatic carbocycles. The first kappa shape index (κ1) is 15.4. The molecule has 5 heteroatoms. The molecule has 0 aliphatic rings. The second-order valence-electron chi connectivity index (χ2n) is 4.52. The van der Waals surface area contributed by atoms with Crippen LogP contribution in [0.1, 0.15) is 31.1 Å². The number of carbonyl (C=O) groups is 3. The molecule has 0 aromatic heterocycles. The molecule has 0 N–H and O–H groups in total. The molecule has 2 aromatic rings. The lowest BCUT2D eigenvalue weighted by molar-refractivity contribution is 0.0599. The Labute approximate surface area is 127 Å². The van der Waals surface area contributed by atoms with Gasteiger partial charge in [0.2, 0.25) is 0 Å². The van der Waals surface area contributed by atoms with Crippen LogP contribution in [-0.4, -0.2) is 32.4 Å². The first-order valence-electron chi connectivity index (χ1n) is 6.46. The third-order valence-electron chi connectivity index (χ3n) is 3.16. The minimum atomic E-state index is -0.545. The number of methoxy groups -OCH3 is 2. The summed E-state index contributed by atoms with van der Waals surface area (Å²) in [5.41, 5.74) is 2.46. The highest BCUT2D eigenvalue weighted by atomic mass is 16.5. The van der Waals surface area contributed by atoms with Crippen molar-refractivity contribution in [2.24, 2.45) is 0 Å². The van der Waals surface area contributed by atoms with Gasteiger partial charge in [0.25, 0.3) is 0 Å². The minimum Gasteiger partial charge on any atom is -0.465 e. The van der Waals surface area contributed by atoms with Crippen LogP contribution in [0.2, 0.25) is 0 Å². The van der Waals surface area contributed by atoms with Gasteiger partial charge in [-0.1, -0.05) is 24.3 Å². The third-order valence-corrected chi connectivity index (χ3v) is 3.16. The number of rotatable bonds is 4. The van der Waals surface area contributed by atoms with Gasteiger partial charge in [0.15, 0.2) is 0 Å². The Bertz CT molecular complexity index is 682. The molecule has 0 spiro atoms. The molecule has 0 bridgehead atoms. The fourth-order valence-electron chi connectivity index (χ4n) is 2.02. The average molecular weight is 298 g/mol. The number of ether oxygens (including phenoxy) is 2. The number of carbonyl (C=O) groups excluding carboxylic acids is 3. The van der Waals surface area contributed by atoms with Gasteiger partial charge in [0.05, 0.1) is 25.3 Å². The summed E-state index contributed by atoms with van der Waals surface area (Å²) in [4.78, 5) is 34.2. The Hall–Kier alpha value is -2.95. The maximum absolute atomic E-state index is 11.7. The summed E-state index contributed by atoms with van der Waals surface area (Å²) in [5, 5.41) is 0. The number of esters is 2. The fourth-order valence-corrected chi connectivity index (χ4v) is 2.02. The van der Waals surface area contributed by atoms with Crippen molar-refractivity contribution < 1.29 is 23.9 Å². The fraction of sp³-hybridized carbons (Fsp3) is 0.118. The maximum atomic E-state index is 11.7. The van der Waals surface area contributed by atoms with Crippen LogP contribution in [0, 0.1) is 0 Å². The zero-order valence-corrected chi connectivity index (χ0v) is 12.2. The Morgan fingerprint density at radius 1 is 0.818 bits per heavy atom. The number of benzene rings is 2. The molecule has 0 saturated carbocycles. The van der Waals surface area contributed by atoms with Gasteiger partial charge in [-0.05, 0) is 29.3 Å². The molecule has 0 saturated heterocycles. The van der Waals surface area contributed by atoms with E-state index in [9.17, 15) is 14.4 Å². The topological polar surface area (TPSA) is 69.7 Å². The predicted molar refractivity (Wildman–Crippen MR) is 79.9 cm³/mol. The van der Waals surface area contributed by atoms with Crippen molar-refractivity contribution in [1.29, 1.82) is 0 Å². The lowest BCUT2D eigenvalue weighted by Gasteiger charge is -2.08. The first-order chi connectivity index (χ1) is 10.6. The van der Waals surface area contributed by atoms with E-state index in [1.807, 2.05) is 0 Å². The van der Waals surface area contributed by atoms with E-state index in [0.717, 1.165) is 11.8 Å². The van der Waals surface area contributed by atoms with Crippen LogP contribution in [0.3, 0.4) is 0 Å². The highest BCUT2D eigenvalue weighted by Crippen LogP contribution is 2.24. The van der Waals surface area contributed by atoms with Crippen LogP contribution in [0.15, 0.2) is 42.5 Å². The first-order valence-corrected chi connectivity index (χ1v) is 6.46. The van der Waals surface area contributed by atoms with Gasteiger partial charge < -0.3 is 9.47 Å². The molecular weight excluding hydrogens is 284 g/mol. The highest BCUT2D eigenvalue weighted by molar-refractivity contribution is 5.97. The van der Waals surface area contributed by atoms with E-state index in [0.29, 0.717) is 11.1 Å². The van der Waals surface area contributed by atoms with E-state index in [-0.39, 0.29) is 11.1 Å². The summed E-state index contributed by atoms with van der Waals surface area (Å²) in [5.74, 6) is -1.09. The van der Waals surface area contributed by atoms with Gasteiger partial charge in [0.1, 0.15) is 6.29 Å². The van der Waals surface area contributed by atoms with Crippen molar-refractivity contribution in [2.75, 3.05) is 14.2 Å². The van der Waals surface area contributed by atoms with Crippen LogP contribution in [0.25, 0.3) is 11.1 Å². The summed E-state index contributed by atoms with van der Waals surface area (Å²) >= 11 is 0. The van der Waals surface area contributed by atoms with E-state index in [1.54, 1.807) is 36.4 Å². The zero-order chi connectivity index (χ0) is 16.1. The molecule has 0 heterocycles. The molecule has 0 radical (unpaired) electrons. The van der Waals surface area contributed by atoms with E-state index >= 15 is 0 Å². The van der Waals surface area contributed by atoms with Crippen molar-refractivity contribution in [1.82, 2.24) is 0 Å². The van der Waals surface area contributed by atoms with Gasteiger partial charge in [-0.2, -0.15) is 0 Å². The van der Waals surface area contributed by atoms with Crippen molar-refractivity contribution >= 4 is 18.2 Å². The van der Waals surface area contributed by atoms with Crippen LogP contribution in [0.5, 0.6) is 0 Å². The largest absolute Gasteiger partial charge is 0.465 e. The second-order valence-corrected chi connectivity index (χ2v) is 4.52. The van der Waals surface area contributed by atoms with Crippen LogP contribution in [-0.2, 0) is 9.47 Å². The van der Waals surface area contributed by atoms with Crippen LogP contribution < -0.4 is 0 Å². The number of hydrogen-bond acceptors (Lipinski definition) is 5. The van der Waals surface area contributed by atoms with E-state index in [1.165, 1.54) is 20.3 Å². The van der Waals surface area contributed by atoms with E-state index < -0.39 is 11.9 Å². The Kier molecular flexibility index (Phi) is 4.68. The molecule has 0 unspecified atom stereocenters. The van der Waals surface area contributed by atoms with Crippen molar-refractivity contribution in [3.05, 3.63) is 59.2 Å². The van der Waals surface area contributed by atoms with Gasteiger partial charge >= 0.3 is 11.9 Å². The number of hydrogen-bond donors (Lipinski definition) is 0. The Morgan fingerprint density at radius 3 is 1.73 bits per heavy atom. The average Bonchev–Trinajstić information content (AvgIpc) is 2.59. The molecule has 2 rings (SSSR count). The second kappa shape index (κ2) is 6.67. The zero-order valence-electron chi connectivity index (χ0n) is 12.2. The van der Waals surface area contributed by atoms with Crippen LogP contribution >= 0.6 is 0 Å². The lowest BCUT2D eigenvalue weighted by atomic mass is 9.99. The summed E-state index contributed by atoms with van der Waals surface area (Å²) in [6.45, 7) is 0. The van der Waals surface area contributed by atoms with Gasteiger partial charge in [0, 0.05) is 5.56 Å². The smallest absolute Gasteiger partial charge is 0.337 e. The molecule has 0 aliphatic heterocycles. The normalized spacial score (nSPS) is 9.91. The molecule has 2 aromatic carbocycles. The lowest BCUT2D eigenvalue weighted by Crippen LogP contribution is -2.07. The van der Waals surface area contributed by atoms with Crippen molar-refractivity contribution in [3.63, 3.8) is 0 Å².